The first-order valence-corrected chi connectivity index (χ1v) is 11.4. The van der Waals surface area contributed by atoms with Gasteiger partial charge in [0.1, 0.15) is 0 Å². The van der Waals surface area contributed by atoms with E-state index in [9.17, 15) is 9.59 Å². The van der Waals surface area contributed by atoms with Crippen LogP contribution in [0.15, 0.2) is 53.7 Å². The molecule has 0 spiro atoms. The van der Waals surface area contributed by atoms with Gasteiger partial charge in [0.2, 0.25) is 5.91 Å². The van der Waals surface area contributed by atoms with E-state index < -0.39 is 0 Å². The number of benzene rings is 2. The number of allylic oxidation sites excluding steroid dienone is 2. The summed E-state index contributed by atoms with van der Waals surface area (Å²) in [6.45, 7) is 6.03. The van der Waals surface area contributed by atoms with Crippen LogP contribution < -0.4 is 14.8 Å². The summed E-state index contributed by atoms with van der Waals surface area (Å²) in [6.07, 6.45) is 2.24. The van der Waals surface area contributed by atoms with Gasteiger partial charge in [-0.1, -0.05) is 43.3 Å². The lowest BCUT2D eigenvalue weighted by Crippen LogP contribution is -2.38. The van der Waals surface area contributed by atoms with Crippen LogP contribution in [0.2, 0.25) is 0 Å². The molecule has 2 aromatic rings. The number of carbonyl (C=O) groups is 2. The molecule has 0 bridgehead atoms. The summed E-state index contributed by atoms with van der Waals surface area (Å²) < 4.78 is 11.6. The second-order valence-electron chi connectivity index (χ2n) is 8.87. The van der Waals surface area contributed by atoms with Gasteiger partial charge in [0.15, 0.2) is 17.3 Å². The summed E-state index contributed by atoms with van der Waals surface area (Å²) >= 11 is 0. The molecule has 2 atom stereocenters. The Hall–Kier alpha value is -3.08. The van der Waals surface area contributed by atoms with Crippen molar-refractivity contribution in [3.05, 3.63) is 70.4 Å². The minimum absolute atomic E-state index is 0.0616. The van der Waals surface area contributed by atoms with Crippen LogP contribution in [0.4, 0.5) is 0 Å². The predicted octanol–water partition coefficient (Wildman–Crippen LogP) is 5.05. The molecule has 0 aromatic heterocycles. The van der Waals surface area contributed by atoms with E-state index >= 15 is 0 Å². The van der Waals surface area contributed by atoms with E-state index in [1.807, 2.05) is 32.0 Å². The fourth-order valence-electron chi connectivity index (χ4n) is 4.82. The van der Waals surface area contributed by atoms with Gasteiger partial charge < -0.3 is 14.8 Å². The number of para-hydroxylation sites is 1. The summed E-state index contributed by atoms with van der Waals surface area (Å²) in [4.78, 5) is 26.1. The lowest BCUT2D eigenvalue weighted by Gasteiger charge is -2.35. The number of ketones is 1. The van der Waals surface area contributed by atoms with Crippen molar-refractivity contribution in [3.8, 4) is 11.5 Å². The molecular formula is C27H31NO4. The lowest BCUT2D eigenvalue weighted by molar-refractivity contribution is -0.122. The zero-order valence-corrected chi connectivity index (χ0v) is 19.2. The molecule has 4 rings (SSSR count). The first-order chi connectivity index (χ1) is 15.4. The molecule has 5 heteroatoms. The highest BCUT2D eigenvalue weighted by Crippen LogP contribution is 2.46. The first-order valence-electron chi connectivity index (χ1n) is 11.4. The summed E-state index contributed by atoms with van der Waals surface area (Å²) in [7, 11) is 1.60. The van der Waals surface area contributed by atoms with Gasteiger partial charge in [-0.25, -0.2) is 0 Å². The molecule has 0 saturated carbocycles. The standard InChI is InChI=1S/C27H31NO4/c1-5-17-9-11-18(12-10-17)19-13-22-26(23(29)14-19)21(15-25(30)28-22)20-7-6-8-24(31-4)27(20)32-16(2)3/h6-12,16,19,21H,5,13-15H2,1-4H3,(H,28,30). The van der Waals surface area contributed by atoms with Crippen molar-refractivity contribution in [1.82, 2.24) is 5.32 Å². The van der Waals surface area contributed by atoms with Gasteiger partial charge in [-0.05, 0) is 49.8 Å². The van der Waals surface area contributed by atoms with E-state index in [4.69, 9.17) is 9.47 Å². The van der Waals surface area contributed by atoms with E-state index in [1.165, 1.54) is 5.56 Å². The Morgan fingerprint density at radius 1 is 1.03 bits per heavy atom. The molecule has 0 fully saturated rings. The number of carbonyl (C=O) groups excluding carboxylic acids is 2. The Labute approximate surface area is 189 Å². The van der Waals surface area contributed by atoms with E-state index in [0.29, 0.717) is 29.9 Å². The molecule has 1 aliphatic heterocycles. The summed E-state index contributed by atoms with van der Waals surface area (Å²) in [5.74, 6) is 0.991. The molecule has 2 aromatic carbocycles. The third-order valence-corrected chi connectivity index (χ3v) is 6.35. The van der Waals surface area contributed by atoms with Gasteiger partial charge in [0, 0.05) is 35.6 Å². The topological polar surface area (TPSA) is 64.6 Å². The SMILES string of the molecule is CCc1ccc(C2CC(=O)C3=C(C2)NC(=O)CC3c2cccc(OC)c2OC(C)C)cc1. The zero-order valence-electron chi connectivity index (χ0n) is 19.2. The number of aryl methyl sites for hydroxylation is 1. The first kappa shape index (κ1) is 22.1. The van der Waals surface area contributed by atoms with Crippen LogP contribution in [0.5, 0.6) is 11.5 Å². The Balaban J connectivity index is 1.73. The number of methoxy groups -OCH3 is 1. The number of rotatable bonds is 6. The van der Waals surface area contributed by atoms with E-state index in [1.54, 1.807) is 7.11 Å². The average molecular weight is 434 g/mol. The number of hydrogen-bond donors (Lipinski definition) is 1. The van der Waals surface area contributed by atoms with Crippen LogP contribution in [0.1, 0.15) is 68.6 Å². The predicted molar refractivity (Wildman–Crippen MR) is 124 cm³/mol. The monoisotopic (exact) mass is 433 g/mol. The van der Waals surface area contributed by atoms with E-state index in [-0.39, 0.29) is 36.1 Å². The van der Waals surface area contributed by atoms with Crippen LogP contribution in [0.25, 0.3) is 0 Å². The maximum atomic E-state index is 13.4. The van der Waals surface area contributed by atoms with Crippen molar-refractivity contribution in [2.24, 2.45) is 0 Å². The smallest absolute Gasteiger partial charge is 0.225 e. The number of hydrogen-bond acceptors (Lipinski definition) is 4. The number of Topliss-reactive ketones (excluding diaryl/α,β-unsaturated/α-hetero) is 1. The second kappa shape index (κ2) is 9.19. The number of nitrogens with one attached hydrogen (secondary N) is 1. The van der Waals surface area contributed by atoms with E-state index in [2.05, 4.69) is 36.5 Å². The molecule has 32 heavy (non-hydrogen) atoms. The van der Waals surface area contributed by atoms with Crippen molar-refractivity contribution in [1.29, 1.82) is 0 Å². The molecule has 5 nitrogen and oxygen atoms in total. The van der Waals surface area contributed by atoms with Gasteiger partial charge in [-0.3, -0.25) is 9.59 Å². The zero-order chi connectivity index (χ0) is 22.8. The molecule has 0 radical (unpaired) electrons. The molecule has 1 N–H and O–H groups in total. The van der Waals surface area contributed by atoms with Gasteiger partial charge >= 0.3 is 0 Å². The molecule has 1 amide bonds. The van der Waals surface area contributed by atoms with Crippen LogP contribution in [-0.4, -0.2) is 24.9 Å². The van der Waals surface area contributed by atoms with Crippen LogP contribution >= 0.6 is 0 Å². The average Bonchev–Trinajstić information content (AvgIpc) is 2.78. The largest absolute Gasteiger partial charge is 0.493 e. The maximum Gasteiger partial charge on any atom is 0.225 e. The van der Waals surface area contributed by atoms with Crippen molar-refractivity contribution in [2.75, 3.05) is 7.11 Å². The summed E-state index contributed by atoms with van der Waals surface area (Å²) in [5.41, 5.74) is 4.72. The fraction of sp³-hybridized carbons (Fsp3) is 0.407. The van der Waals surface area contributed by atoms with E-state index in [0.717, 1.165) is 23.2 Å². The van der Waals surface area contributed by atoms with Crippen molar-refractivity contribution >= 4 is 11.7 Å². The highest BCUT2D eigenvalue weighted by molar-refractivity contribution is 6.02. The number of ether oxygens (including phenoxy) is 2. The molecule has 2 aliphatic rings. The highest BCUT2D eigenvalue weighted by Gasteiger charge is 2.39. The highest BCUT2D eigenvalue weighted by atomic mass is 16.5. The van der Waals surface area contributed by atoms with Gasteiger partial charge in [0.05, 0.1) is 13.2 Å². The van der Waals surface area contributed by atoms with Crippen LogP contribution in [-0.2, 0) is 16.0 Å². The Bertz CT molecular complexity index is 1050. The maximum absolute atomic E-state index is 13.4. The second-order valence-corrected chi connectivity index (χ2v) is 8.87. The van der Waals surface area contributed by atoms with Gasteiger partial charge in [-0.2, -0.15) is 0 Å². The van der Waals surface area contributed by atoms with Crippen LogP contribution in [0.3, 0.4) is 0 Å². The molecule has 168 valence electrons. The third kappa shape index (κ3) is 4.29. The summed E-state index contributed by atoms with van der Waals surface area (Å²) in [5, 5.41) is 3.01. The Kier molecular flexibility index (Phi) is 6.35. The van der Waals surface area contributed by atoms with Gasteiger partial charge in [0.25, 0.3) is 0 Å². The molecular weight excluding hydrogens is 402 g/mol. The lowest BCUT2D eigenvalue weighted by atomic mass is 9.73. The Morgan fingerprint density at radius 3 is 2.44 bits per heavy atom. The van der Waals surface area contributed by atoms with Crippen LogP contribution in [0, 0.1) is 0 Å². The van der Waals surface area contributed by atoms with Gasteiger partial charge in [-0.15, -0.1) is 0 Å². The van der Waals surface area contributed by atoms with Crippen molar-refractivity contribution in [3.63, 3.8) is 0 Å². The third-order valence-electron chi connectivity index (χ3n) is 6.35. The van der Waals surface area contributed by atoms with Crippen molar-refractivity contribution < 1.29 is 19.1 Å². The fourth-order valence-corrected chi connectivity index (χ4v) is 4.82. The molecule has 0 saturated heterocycles. The Morgan fingerprint density at radius 2 is 1.78 bits per heavy atom. The number of amides is 1. The normalized spacial score (nSPS) is 20.8. The molecule has 1 aliphatic carbocycles. The van der Waals surface area contributed by atoms with Crippen molar-refractivity contribution in [2.45, 2.75) is 64.4 Å². The quantitative estimate of drug-likeness (QED) is 0.692. The minimum Gasteiger partial charge on any atom is -0.493 e. The molecule has 2 unspecified atom stereocenters. The molecule has 1 heterocycles. The minimum atomic E-state index is -0.335. The summed E-state index contributed by atoms with van der Waals surface area (Å²) in [6, 6.07) is 14.1.